The Morgan fingerprint density at radius 3 is 2.58 bits per heavy atom. The number of hydrogen-bond acceptors (Lipinski definition) is 6. The summed E-state index contributed by atoms with van der Waals surface area (Å²) in [7, 11) is 0. The van der Waals surface area contributed by atoms with Crippen molar-refractivity contribution >= 4 is 34.5 Å². The maximum atomic E-state index is 11.7. The number of nitrogens with one attached hydrogen (secondary N) is 1. The minimum atomic E-state index is -1.25. The Hall–Kier alpha value is -2.15. The first-order valence-electron chi connectivity index (χ1n) is 8.93. The fourth-order valence-electron chi connectivity index (χ4n) is 3.35. The van der Waals surface area contributed by atoms with Crippen LogP contribution in [0.5, 0.6) is 0 Å². The van der Waals surface area contributed by atoms with Gasteiger partial charge in [-0.3, -0.25) is 4.79 Å². The number of benzene rings is 1. The predicted molar refractivity (Wildman–Crippen MR) is 101 cm³/mol. The molecule has 1 aliphatic carbocycles. The second-order valence-corrected chi connectivity index (χ2v) is 7.91. The summed E-state index contributed by atoms with van der Waals surface area (Å²) in [5, 5.41) is 21.0. The van der Waals surface area contributed by atoms with E-state index < -0.39 is 11.2 Å². The van der Waals surface area contributed by atoms with Gasteiger partial charge in [0.1, 0.15) is 0 Å². The Morgan fingerprint density at radius 1 is 1.23 bits per heavy atom. The van der Waals surface area contributed by atoms with Gasteiger partial charge >= 0.3 is 0 Å². The molecular weight excluding hydrogens is 350 g/mol. The third kappa shape index (κ3) is 4.72. The Balaban J connectivity index is 1.64. The topological polar surface area (TPSA) is 94.0 Å². The largest absolute Gasteiger partial charge is 0.550 e. The number of amidine groups is 1. The molecule has 138 valence electrons. The lowest BCUT2D eigenvalue weighted by atomic mass is 9.84. The summed E-state index contributed by atoms with van der Waals surface area (Å²) in [5.41, 5.74) is 3.11. The molecule has 1 heterocycles. The fourth-order valence-corrected chi connectivity index (χ4v) is 4.25. The predicted octanol–water partition coefficient (Wildman–Crippen LogP) is 2.19. The van der Waals surface area contributed by atoms with Gasteiger partial charge in [0, 0.05) is 12.4 Å². The number of hydrogen-bond donors (Lipinski definition) is 1. The van der Waals surface area contributed by atoms with Crippen molar-refractivity contribution in [3.63, 3.8) is 0 Å². The lowest BCUT2D eigenvalue weighted by Gasteiger charge is -2.22. The highest BCUT2D eigenvalue weighted by atomic mass is 32.2. The van der Waals surface area contributed by atoms with Crippen LogP contribution in [-0.2, 0) is 9.59 Å². The van der Waals surface area contributed by atoms with E-state index in [4.69, 9.17) is 0 Å². The normalized spacial score (nSPS) is 23.3. The van der Waals surface area contributed by atoms with Gasteiger partial charge in [-0.2, -0.15) is 5.10 Å². The first kappa shape index (κ1) is 18.6. The van der Waals surface area contributed by atoms with Crippen LogP contribution in [-0.4, -0.2) is 28.0 Å². The van der Waals surface area contributed by atoms with E-state index in [1.165, 1.54) is 37.7 Å². The highest BCUT2D eigenvalue weighted by Gasteiger charge is 2.30. The van der Waals surface area contributed by atoms with Crippen LogP contribution in [0.25, 0.3) is 0 Å². The Bertz CT molecular complexity index is 737. The molecule has 0 spiro atoms. The summed E-state index contributed by atoms with van der Waals surface area (Å²) < 4.78 is 0. The van der Waals surface area contributed by atoms with Crippen LogP contribution in [0.1, 0.15) is 62.5 Å². The SMILES string of the molecule is C/C(=N/N=C1\NC(=O)[C@@H](CC(=O)[O-])S1)c1ccc(C2CCCCC2)cc1. The van der Waals surface area contributed by atoms with Crippen molar-refractivity contribution in [1.29, 1.82) is 0 Å². The number of nitrogens with zero attached hydrogens (tertiary/aromatic N) is 2. The zero-order valence-corrected chi connectivity index (χ0v) is 15.6. The molecule has 0 aromatic heterocycles. The summed E-state index contributed by atoms with van der Waals surface area (Å²) in [5.74, 6) is -0.958. The van der Waals surface area contributed by atoms with Gasteiger partial charge in [-0.15, -0.1) is 5.10 Å². The van der Waals surface area contributed by atoms with E-state index in [2.05, 4.69) is 39.8 Å². The Labute approximate surface area is 157 Å². The van der Waals surface area contributed by atoms with Gasteiger partial charge in [0.15, 0.2) is 5.17 Å². The highest BCUT2D eigenvalue weighted by Crippen LogP contribution is 2.32. The second kappa shape index (κ2) is 8.49. The molecule has 1 N–H and O–H groups in total. The zero-order chi connectivity index (χ0) is 18.5. The molecule has 7 heteroatoms. The molecule has 1 atom stereocenters. The Morgan fingerprint density at radius 2 is 1.92 bits per heavy atom. The number of amides is 1. The van der Waals surface area contributed by atoms with Gasteiger partial charge in [-0.25, -0.2) is 0 Å². The quantitative estimate of drug-likeness (QED) is 0.633. The summed E-state index contributed by atoms with van der Waals surface area (Å²) in [6.07, 6.45) is 6.17. The molecule has 1 saturated carbocycles. The number of carbonyl (C=O) groups is 2. The van der Waals surface area contributed by atoms with E-state index in [9.17, 15) is 14.7 Å². The first-order chi connectivity index (χ1) is 12.5. The molecule has 1 amide bonds. The van der Waals surface area contributed by atoms with Crippen molar-refractivity contribution in [2.24, 2.45) is 10.2 Å². The number of carbonyl (C=O) groups excluding carboxylic acids is 2. The molecule has 2 fully saturated rings. The molecule has 6 nitrogen and oxygen atoms in total. The van der Waals surface area contributed by atoms with Gasteiger partial charge in [0.2, 0.25) is 5.91 Å². The minimum absolute atomic E-state index is 0.319. The van der Waals surface area contributed by atoms with Crippen molar-refractivity contribution in [3.8, 4) is 0 Å². The summed E-state index contributed by atoms with van der Waals surface area (Å²) in [6.45, 7) is 1.86. The van der Waals surface area contributed by atoms with Crippen molar-refractivity contribution in [2.45, 2.75) is 56.6 Å². The molecule has 2 aliphatic rings. The molecule has 0 bridgehead atoms. The first-order valence-corrected chi connectivity index (χ1v) is 9.81. The van der Waals surface area contributed by atoms with E-state index in [1.54, 1.807) is 0 Å². The summed E-state index contributed by atoms with van der Waals surface area (Å²) >= 11 is 1.07. The number of aliphatic carboxylic acids is 1. The third-order valence-electron chi connectivity index (χ3n) is 4.82. The molecule has 1 saturated heterocycles. The lowest BCUT2D eigenvalue weighted by molar-refractivity contribution is -0.305. The summed E-state index contributed by atoms with van der Waals surface area (Å²) in [6, 6.07) is 8.45. The monoisotopic (exact) mass is 372 g/mol. The fraction of sp³-hybridized carbons (Fsp3) is 0.474. The van der Waals surface area contributed by atoms with Crippen LogP contribution >= 0.6 is 11.8 Å². The lowest BCUT2D eigenvalue weighted by Crippen LogP contribution is -2.31. The second-order valence-electron chi connectivity index (χ2n) is 6.72. The molecule has 1 aromatic rings. The van der Waals surface area contributed by atoms with Gasteiger partial charge in [0.05, 0.1) is 11.0 Å². The third-order valence-corrected chi connectivity index (χ3v) is 5.90. The van der Waals surface area contributed by atoms with E-state index in [0.29, 0.717) is 11.1 Å². The smallest absolute Gasteiger partial charge is 0.239 e. The molecule has 26 heavy (non-hydrogen) atoms. The van der Waals surface area contributed by atoms with Crippen molar-refractivity contribution in [3.05, 3.63) is 35.4 Å². The standard InChI is InChI=1S/C19H23N3O3S/c1-12(21-22-19-20-18(25)16(26-19)11-17(23)24)13-7-9-15(10-8-13)14-5-3-2-4-6-14/h7-10,14,16H,2-6,11H2,1H3,(H,23,24)(H,20,22,25)/p-1/b21-12-/t16-/m1/s1. The maximum Gasteiger partial charge on any atom is 0.239 e. The highest BCUT2D eigenvalue weighted by molar-refractivity contribution is 8.15. The minimum Gasteiger partial charge on any atom is -0.550 e. The number of carboxylic acids is 1. The average molecular weight is 372 g/mol. The van der Waals surface area contributed by atoms with Gasteiger partial charge in [-0.05, 0) is 36.8 Å². The van der Waals surface area contributed by atoms with Crippen LogP contribution < -0.4 is 10.4 Å². The molecule has 1 aliphatic heterocycles. The molecule has 0 unspecified atom stereocenters. The van der Waals surface area contributed by atoms with Crippen LogP contribution in [0.3, 0.4) is 0 Å². The molecular formula is C19H22N3O3S-. The van der Waals surface area contributed by atoms with Crippen molar-refractivity contribution in [1.82, 2.24) is 5.32 Å². The van der Waals surface area contributed by atoms with Crippen molar-refractivity contribution in [2.75, 3.05) is 0 Å². The Kier molecular flexibility index (Phi) is 6.08. The number of thioether (sulfide) groups is 1. The maximum absolute atomic E-state index is 11.7. The van der Waals surface area contributed by atoms with Gasteiger partial charge in [0.25, 0.3) is 0 Å². The van der Waals surface area contributed by atoms with Crippen LogP contribution in [0.2, 0.25) is 0 Å². The van der Waals surface area contributed by atoms with Gasteiger partial charge in [-0.1, -0.05) is 55.3 Å². The number of carboxylic acid groups (broad SMARTS) is 1. The van der Waals surface area contributed by atoms with Crippen LogP contribution in [0, 0.1) is 0 Å². The van der Waals surface area contributed by atoms with Crippen LogP contribution in [0.15, 0.2) is 34.5 Å². The van der Waals surface area contributed by atoms with Crippen LogP contribution in [0.4, 0.5) is 0 Å². The van der Waals surface area contributed by atoms with E-state index >= 15 is 0 Å². The van der Waals surface area contributed by atoms with E-state index in [1.807, 2.05) is 6.92 Å². The van der Waals surface area contributed by atoms with Gasteiger partial charge < -0.3 is 15.2 Å². The molecule has 1 aromatic carbocycles. The average Bonchev–Trinajstić information content (AvgIpc) is 2.99. The number of rotatable bonds is 5. The van der Waals surface area contributed by atoms with E-state index in [0.717, 1.165) is 23.0 Å². The molecule has 0 radical (unpaired) electrons. The van der Waals surface area contributed by atoms with E-state index in [-0.39, 0.29) is 12.3 Å². The summed E-state index contributed by atoms with van der Waals surface area (Å²) in [4.78, 5) is 22.3. The zero-order valence-electron chi connectivity index (χ0n) is 14.7. The molecule has 3 rings (SSSR count). The van der Waals surface area contributed by atoms with Crippen molar-refractivity contribution < 1.29 is 14.7 Å².